The third-order valence-electron chi connectivity index (χ3n) is 4.98. The highest BCUT2D eigenvalue weighted by atomic mass is 32.2. The van der Waals surface area contributed by atoms with Crippen molar-refractivity contribution < 1.29 is 4.79 Å². The van der Waals surface area contributed by atoms with Crippen molar-refractivity contribution in [2.45, 2.75) is 38.4 Å². The molecule has 1 aliphatic heterocycles. The lowest BCUT2D eigenvalue weighted by atomic mass is 10.1. The molecule has 0 N–H and O–H groups in total. The van der Waals surface area contributed by atoms with Crippen molar-refractivity contribution in [1.82, 2.24) is 20.2 Å². The maximum Gasteiger partial charge on any atom is 0.237 e. The Hall–Kier alpha value is -2.67. The van der Waals surface area contributed by atoms with Crippen LogP contribution in [0.3, 0.4) is 0 Å². The number of rotatable bonds is 4. The number of carbonyl (C=O) groups excluding carboxylic acids is 1. The minimum absolute atomic E-state index is 0.0760. The van der Waals surface area contributed by atoms with Crippen molar-refractivity contribution in [3.63, 3.8) is 0 Å². The molecular formula is C20H21N5OS. The third-order valence-corrected chi connectivity index (χ3v) is 5.88. The first-order valence-corrected chi connectivity index (χ1v) is 9.92. The molecule has 7 heteroatoms. The van der Waals surface area contributed by atoms with Crippen LogP contribution >= 0.6 is 11.8 Å². The molecule has 0 spiro atoms. The zero-order valence-electron chi connectivity index (χ0n) is 15.6. The lowest BCUT2D eigenvalue weighted by molar-refractivity contribution is -0.116. The fourth-order valence-corrected chi connectivity index (χ4v) is 4.18. The van der Waals surface area contributed by atoms with E-state index in [-0.39, 0.29) is 11.9 Å². The van der Waals surface area contributed by atoms with E-state index >= 15 is 0 Å². The van der Waals surface area contributed by atoms with Gasteiger partial charge in [-0.15, -0.1) is 5.10 Å². The number of hydrogen-bond acceptors (Lipinski definition) is 5. The first-order chi connectivity index (χ1) is 13.0. The van der Waals surface area contributed by atoms with Crippen molar-refractivity contribution in [2.24, 2.45) is 0 Å². The van der Waals surface area contributed by atoms with Gasteiger partial charge in [0.2, 0.25) is 11.1 Å². The summed E-state index contributed by atoms with van der Waals surface area (Å²) in [6.07, 6.45) is 0.896. The van der Waals surface area contributed by atoms with Gasteiger partial charge in [-0.2, -0.15) is 4.68 Å². The van der Waals surface area contributed by atoms with Crippen LogP contribution in [0.4, 0.5) is 5.69 Å². The third kappa shape index (κ3) is 3.35. The molecular weight excluding hydrogens is 358 g/mol. The first kappa shape index (κ1) is 17.7. The van der Waals surface area contributed by atoms with Crippen LogP contribution in [0.1, 0.15) is 23.6 Å². The molecule has 1 aliphatic rings. The van der Waals surface area contributed by atoms with Gasteiger partial charge in [0, 0.05) is 11.7 Å². The van der Waals surface area contributed by atoms with E-state index in [1.54, 1.807) is 4.68 Å². The zero-order valence-corrected chi connectivity index (χ0v) is 16.4. The average molecular weight is 379 g/mol. The van der Waals surface area contributed by atoms with Crippen LogP contribution in [0.15, 0.2) is 47.6 Å². The molecule has 1 atom stereocenters. The highest BCUT2D eigenvalue weighted by Gasteiger charge is 2.30. The molecule has 0 radical (unpaired) electrons. The average Bonchev–Trinajstić information content (AvgIpc) is 3.25. The van der Waals surface area contributed by atoms with E-state index in [4.69, 9.17) is 0 Å². The predicted octanol–water partition coefficient (Wildman–Crippen LogP) is 3.35. The van der Waals surface area contributed by atoms with Crippen LogP contribution in [0, 0.1) is 13.8 Å². The number of hydrogen-bond donors (Lipinski definition) is 0. The molecule has 1 aromatic heterocycles. The highest BCUT2D eigenvalue weighted by molar-refractivity contribution is 7.99. The summed E-state index contributed by atoms with van der Waals surface area (Å²) in [6.45, 7) is 6.22. The van der Waals surface area contributed by atoms with Crippen molar-refractivity contribution in [3.05, 3.63) is 59.2 Å². The van der Waals surface area contributed by atoms with E-state index in [1.165, 1.54) is 28.5 Å². The molecule has 6 nitrogen and oxygen atoms in total. The summed E-state index contributed by atoms with van der Waals surface area (Å²) in [5.41, 5.74) is 5.54. The van der Waals surface area contributed by atoms with Crippen molar-refractivity contribution in [2.75, 3.05) is 10.7 Å². The van der Waals surface area contributed by atoms with E-state index in [2.05, 4.69) is 54.5 Å². The molecule has 4 rings (SSSR count). The number of fused-ring (bicyclic) bond motifs is 1. The van der Waals surface area contributed by atoms with E-state index in [9.17, 15) is 4.79 Å². The Morgan fingerprint density at radius 3 is 2.81 bits per heavy atom. The Bertz CT molecular complexity index is 1000. The molecule has 1 amide bonds. The largest absolute Gasteiger partial charge is 0.308 e. The first-order valence-electron chi connectivity index (χ1n) is 8.93. The number of thioether (sulfide) groups is 1. The smallest absolute Gasteiger partial charge is 0.237 e. The second kappa shape index (κ2) is 7.15. The molecule has 0 saturated heterocycles. The topological polar surface area (TPSA) is 63.9 Å². The highest BCUT2D eigenvalue weighted by Crippen LogP contribution is 2.32. The summed E-state index contributed by atoms with van der Waals surface area (Å²) in [7, 11) is 0. The molecule has 0 aliphatic carbocycles. The van der Waals surface area contributed by atoms with Crippen LogP contribution in [0.5, 0.6) is 0 Å². The summed E-state index contributed by atoms with van der Waals surface area (Å²) >= 11 is 1.37. The number of tetrazole rings is 1. The summed E-state index contributed by atoms with van der Waals surface area (Å²) in [6, 6.07) is 14.4. The van der Waals surface area contributed by atoms with Crippen LogP contribution < -0.4 is 4.90 Å². The van der Waals surface area contributed by atoms with E-state index < -0.39 is 0 Å². The fraction of sp³-hybridized carbons (Fsp3) is 0.300. The number of anilines is 1. The van der Waals surface area contributed by atoms with Crippen molar-refractivity contribution >= 4 is 23.4 Å². The molecule has 2 aromatic carbocycles. The Morgan fingerprint density at radius 2 is 2.00 bits per heavy atom. The van der Waals surface area contributed by atoms with E-state index in [0.29, 0.717) is 10.9 Å². The summed E-state index contributed by atoms with van der Waals surface area (Å²) in [4.78, 5) is 14.8. The molecule has 0 bridgehead atoms. The molecule has 138 valence electrons. The quantitative estimate of drug-likeness (QED) is 0.651. The number of carbonyl (C=O) groups is 1. The van der Waals surface area contributed by atoms with Gasteiger partial charge in [0.1, 0.15) is 0 Å². The van der Waals surface area contributed by atoms with Gasteiger partial charge in [-0.1, -0.05) is 36.0 Å². The second-order valence-electron chi connectivity index (χ2n) is 6.88. The van der Waals surface area contributed by atoms with Gasteiger partial charge in [-0.25, -0.2) is 0 Å². The molecule has 27 heavy (non-hydrogen) atoms. The SMILES string of the molecule is Cc1ccc(-n2nnnc2SCC(=O)N2c3ccccc3C[C@H]2C)cc1C. The Labute approximate surface area is 162 Å². The summed E-state index contributed by atoms with van der Waals surface area (Å²) in [5, 5.41) is 12.6. The fourth-order valence-electron chi connectivity index (χ4n) is 3.43. The maximum absolute atomic E-state index is 12.9. The summed E-state index contributed by atoms with van der Waals surface area (Å²) in [5.74, 6) is 0.372. The number of aryl methyl sites for hydroxylation is 2. The Morgan fingerprint density at radius 1 is 1.19 bits per heavy atom. The van der Waals surface area contributed by atoms with Gasteiger partial charge in [0.05, 0.1) is 11.4 Å². The minimum atomic E-state index is 0.0760. The van der Waals surface area contributed by atoms with Crippen molar-refractivity contribution in [1.29, 1.82) is 0 Å². The van der Waals surface area contributed by atoms with E-state index in [1.807, 2.05) is 29.2 Å². The number of aromatic nitrogens is 4. The normalized spacial score (nSPS) is 15.8. The van der Waals surface area contributed by atoms with E-state index in [0.717, 1.165) is 17.8 Å². The zero-order chi connectivity index (χ0) is 19.0. The van der Waals surface area contributed by atoms with Gasteiger partial charge >= 0.3 is 0 Å². The minimum Gasteiger partial charge on any atom is -0.308 e. The number of amides is 1. The van der Waals surface area contributed by atoms with Crippen LogP contribution in [-0.2, 0) is 11.2 Å². The second-order valence-corrected chi connectivity index (χ2v) is 7.82. The van der Waals surface area contributed by atoms with Crippen LogP contribution in [-0.4, -0.2) is 37.9 Å². The van der Waals surface area contributed by atoms with Crippen LogP contribution in [0.2, 0.25) is 0 Å². The van der Waals surface area contributed by atoms with Gasteiger partial charge in [-0.05, 0) is 72.5 Å². The van der Waals surface area contributed by atoms with Crippen LogP contribution in [0.25, 0.3) is 5.69 Å². The number of para-hydroxylation sites is 1. The Balaban J connectivity index is 1.51. The monoisotopic (exact) mass is 379 g/mol. The number of benzene rings is 2. The molecule has 0 saturated carbocycles. The Kier molecular flexibility index (Phi) is 4.70. The van der Waals surface area contributed by atoms with Gasteiger partial charge < -0.3 is 4.90 Å². The molecule has 2 heterocycles. The lowest BCUT2D eigenvalue weighted by Crippen LogP contribution is -2.37. The number of nitrogens with zero attached hydrogens (tertiary/aromatic N) is 5. The summed E-state index contributed by atoms with van der Waals surface area (Å²) < 4.78 is 1.69. The van der Waals surface area contributed by atoms with Gasteiger partial charge in [-0.3, -0.25) is 4.79 Å². The van der Waals surface area contributed by atoms with Gasteiger partial charge in [0.25, 0.3) is 0 Å². The molecule has 0 unspecified atom stereocenters. The van der Waals surface area contributed by atoms with Crippen molar-refractivity contribution in [3.8, 4) is 5.69 Å². The lowest BCUT2D eigenvalue weighted by Gasteiger charge is -2.22. The molecule has 3 aromatic rings. The predicted molar refractivity (Wildman–Crippen MR) is 106 cm³/mol. The maximum atomic E-state index is 12.9. The van der Waals surface area contributed by atoms with Gasteiger partial charge in [0.15, 0.2) is 0 Å². The molecule has 0 fully saturated rings. The standard InChI is InChI=1S/C20H21N5OS/c1-13-8-9-17(10-14(13)2)25-20(21-22-23-25)27-12-19(26)24-15(3)11-16-6-4-5-7-18(16)24/h4-10,15H,11-12H2,1-3H3/t15-/m1/s1.